The van der Waals surface area contributed by atoms with Gasteiger partial charge in [0.1, 0.15) is 10.6 Å². The van der Waals surface area contributed by atoms with Crippen LogP contribution in [0.1, 0.15) is 49.7 Å². The summed E-state index contributed by atoms with van der Waals surface area (Å²) < 4.78 is 5.58. The van der Waals surface area contributed by atoms with Gasteiger partial charge in [0.25, 0.3) is 11.8 Å². The van der Waals surface area contributed by atoms with Gasteiger partial charge in [-0.05, 0) is 20.3 Å². The summed E-state index contributed by atoms with van der Waals surface area (Å²) in [7, 11) is 1.51. The predicted octanol–water partition coefficient (Wildman–Crippen LogP) is 1.92. The fourth-order valence-electron chi connectivity index (χ4n) is 3.54. The Labute approximate surface area is 209 Å². The first-order chi connectivity index (χ1) is 16.1. The largest absolute Gasteiger partial charge is 0.477 e. The highest BCUT2D eigenvalue weighted by molar-refractivity contribution is 7.17. The molecule has 11 nitrogen and oxygen atoms in total. The van der Waals surface area contributed by atoms with E-state index in [9.17, 15) is 19.5 Å². The Kier molecular flexibility index (Phi) is 8.42. The van der Waals surface area contributed by atoms with Crippen LogP contribution in [0.2, 0.25) is 10.0 Å². The number of rotatable bonds is 8. The van der Waals surface area contributed by atoms with Gasteiger partial charge in [-0.15, -0.1) is 0 Å². The number of carboxylic acid groups (broad SMARTS) is 1. The number of amides is 2. The standard InChI is InChI=1S/C20H25Cl2N5O6S/c1-8(7-28)23-18(30)15-16(19(31)32)34-20(26-15)27-5-4-10(11(6-27)33-3)25-17(29)14-13(22)12(21)9(2)24-14/h8,10-11,24,28H,4-7H2,1-3H3,(H,23,30)(H,25,29)(H,31,32)/t8-,10+,11-/m0/s1. The van der Waals surface area contributed by atoms with E-state index >= 15 is 0 Å². The Bertz CT molecular complexity index is 1090. The zero-order chi connectivity index (χ0) is 25.2. The number of aromatic amines is 1. The van der Waals surface area contributed by atoms with E-state index < -0.39 is 29.9 Å². The number of carbonyl (C=O) groups excluding carboxylic acids is 2. The Balaban J connectivity index is 1.75. The maximum Gasteiger partial charge on any atom is 0.348 e. The Morgan fingerprint density at radius 3 is 2.59 bits per heavy atom. The molecular weight excluding hydrogens is 509 g/mol. The van der Waals surface area contributed by atoms with Gasteiger partial charge in [-0.2, -0.15) is 0 Å². The first-order valence-corrected chi connectivity index (χ1v) is 11.9. The minimum absolute atomic E-state index is 0.147. The summed E-state index contributed by atoms with van der Waals surface area (Å²) in [5.41, 5.74) is 0.534. The maximum atomic E-state index is 12.7. The first kappa shape index (κ1) is 26.2. The van der Waals surface area contributed by atoms with E-state index in [1.54, 1.807) is 13.8 Å². The number of H-pyrrole nitrogens is 1. The van der Waals surface area contributed by atoms with Crippen LogP contribution in [0, 0.1) is 6.92 Å². The number of anilines is 1. The molecule has 1 fully saturated rings. The lowest BCUT2D eigenvalue weighted by molar-refractivity contribution is 0.0540. The Morgan fingerprint density at radius 2 is 2.03 bits per heavy atom. The molecule has 5 N–H and O–H groups in total. The van der Waals surface area contributed by atoms with E-state index in [0.717, 1.165) is 11.3 Å². The number of methoxy groups -OCH3 is 1. The average Bonchev–Trinajstić information content (AvgIpc) is 3.37. The lowest BCUT2D eigenvalue weighted by Gasteiger charge is -2.37. The summed E-state index contributed by atoms with van der Waals surface area (Å²) >= 11 is 13.1. The first-order valence-electron chi connectivity index (χ1n) is 10.3. The number of aryl methyl sites for hydroxylation is 1. The van der Waals surface area contributed by atoms with Crippen LogP contribution in [-0.2, 0) is 4.74 Å². The highest BCUT2D eigenvalue weighted by Crippen LogP contribution is 2.31. The summed E-state index contributed by atoms with van der Waals surface area (Å²) in [6.07, 6.45) is 0.0345. The number of nitrogens with zero attached hydrogens (tertiary/aromatic N) is 2. The van der Waals surface area contributed by atoms with Gasteiger partial charge in [-0.1, -0.05) is 34.5 Å². The molecule has 0 spiro atoms. The topological polar surface area (TPSA) is 157 Å². The van der Waals surface area contributed by atoms with Crippen LogP contribution in [0.25, 0.3) is 0 Å². The summed E-state index contributed by atoms with van der Waals surface area (Å²) in [6, 6.07) is -0.900. The zero-order valence-corrected chi connectivity index (χ0v) is 21.0. The van der Waals surface area contributed by atoms with Gasteiger partial charge in [0, 0.05) is 31.9 Å². The number of aromatic nitrogens is 2. The molecule has 0 aromatic carbocycles. The number of aromatic carboxylic acids is 1. The number of halogens is 2. The smallest absolute Gasteiger partial charge is 0.348 e. The normalized spacial score (nSPS) is 19.1. The molecule has 3 rings (SSSR count). The number of aliphatic hydroxyl groups excluding tert-OH is 1. The third-order valence-corrected chi connectivity index (χ3v) is 7.46. The molecule has 0 radical (unpaired) electrons. The fraction of sp³-hybridized carbons (Fsp3) is 0.500. The van der Waals surface area contributed by atoms with E-state index in [4.69, 9.17) is 33.0 Å². The second kappa shape index (κ2) is 10.9. The second-order valence-corrected chi connectivity index (χ2v) is 9.61. The molecule has 14 heteroatoms. The summed E-state index contributed by atoms with van der Waals surface area (Å²) in [5, 5.41) is 24.9. The minimum atomic E-state index is -1.27. The number of ether oxygens (including phenoxy) is 1. The molecule has 0 saturated carbocycles. The van der Waals surface area contributed by atoms with E-state index in [1.165, 1.54) is 7.11 Å². The average molecular weight is 534 g/mol. The molecular formula is C20H25Cl2N5O6S. The SMILES string of the molecule is CO[C@H]1CN(c2nc(C(=O)N[C@@H](C)CO)c(C(=O)O)s2)CC[C@H]1NC(=O)c1[nH]c(C)c(Cl)c1Cl. The fourth-order valence-corrected chi connectivity index (χ4v) is 4.90. The third kappa shape index (κ3) is 5.47. The molecule has 0 aliphatic carbocycles. The highest BCUT2D eigenvalue weighted by atomic mass is 35.5. The van der Waals surface area contributed by atoms with Crippen LogP contribution in [0.15, 0.2) is 0 Å². The van der Waals surface area contributed by atoms with Crippen molar-refractivity contribution >= 4 is 57.5 Å². The molecule has 0 unspecified atom stereocenters. The molecule has 3 heterocycles. The van der Waals surface area contributed by atoms with Crippen molar-refractivity contribution in [2.45, 2.75) is 38.5 Å². The van der Waals surface area contributed by atoms with Gasteiger partial charge in [0.15, 0.2) is 10.8 Å². The third-order valence-electron chi connectivity index (χ3n) is 5.41. The van der Waals surface area contributed by atoms with Gasteiger partial charge >= 0.3 is 5.97 Å². The summed E-state index contributed by atoms with van der Waals surface area (Å²) in [6.45, 7) is 3.74. The van der Waals surface area contributed by atoms with Crippen molar-refractivity contribution in [3.8, 4) is 0 Å². The van der Waals surface area contributed by atoms with E-state index in [-0.39, 0.29) is 39.0 Å². The Hall–Kier alpha value is -2.38. The lowest BCUT2D eigenvalue weighted by Crippen LogP contribution is -2.55. The van der Waals surface area contributed by atoms with Crippen LogP contribution in [-0.4, -0.2) is 83.0 Å². The summed E-state index contributed by atoms with van der Waals surface area (Å²) in [4.78, 5) is 45.6. The monoisotopic (exact) mass is 533 g/mol. The van der Waals surface area contributed by atoms with Crippen molar-refractivity contribution in [2.24, 2.45) is 0 Å². The van der Waals surface area contributed by atoms with Gasteiger partial charge in [-0.25, -0.2) is 9.78 Å². The minimum Gasteiger partial charge on any atom is -0.477 e. The van der Waals surface area contributed by atoms with E-state index in [0.29, 0.717) is 30.3 Å². The van der Waals surface area contributed by atoms with Crippen molar-refractivity contribution in [3.05, 3.63) is 32.0 Å². The number of carboxylic acids is 1. The lowest BCUT2D eigenvalue weighted by atomic mass is 10.0. The highest BCUT2D eigenvalue weighted by Gasteiger charge is 2.34. The van der Waals surface area contributed by atoms with Crippen LogP contribution < -0.4 is 15.5 Å². The van der Waals surface area contributed by atoms with Crippen LogP contribution in [0.4, 0.5) is 5.13 Å². The molecule has 34 heavy (non-hydrogen) atoms. The predicted molar refractivity (Wildman–Crippen MR) is 128 cm³/mol. The molecule has 1 aliphatic rings. The molecule has 1 aliphatic heterocycles. The van der Waals surface area contributed by atoms with Crippen molar-refractivity contribution in [1.82, 2.24) is 20.6 Å². The van der Waals surface area contributed by atoms with Crippen LogP contribution in [0.3, 0.4) is 0 Å². The molecule has 2 aromatic heterocycles. The summed E-state index contributed by atoms with van der Waals surface area (Å²) in [5.74, 6) is -2.36. The van der Waals surface area contributed by atoms with Crippen LogP contribution >= 0.6 is 34.5 Å². The van der Waals surface area contributed by atoms with E-state index in [2.05, 4.69) is 20.6 Å². The maximum absolute atomic E-state index is 12.7. The molecule has 2 aromatic rings. The number of hydrogen-bond donors (Lipinski definition) is 5. The molecule has 3 atom stereocenters. The van der Waals surface area contributed by atoms with Gasteiger partial charge in [-0.3, -0.25) is 9.59 Å². The van der Waals surface area contributed by atoms with Gasteiger partial charge in [0.2, 0.25) is 0 Å². The molecule has 1 saturated heterocycles. The number of carbonyl (C=O) groups is 3. The van der Waals surface area contributed by atoms with Crippen molar-refractivity contribution < 1.29 is 29.3 Å². The zero-order valence-electron chi connectivity index (χ0n) is 18.6. The number of hydrogen-bond acceptors (Lipinski definition) is 8. The number of aliphatic hydroxyl groups is 1. The second-order valence-electron chi connectivity index (χ2n) is 7.88. The van der Waals surface area contributed by atoms with Gasteiger partial charge in [0.05, 0.1) is 28.8 Å². The molecule has 0 bridgehead atoms. The van der Waals surface area contributed by atoms with Crippen molar-refractivity contribution in [3.63, 3.8) is 0 Å². The molecule has 186 valence electrons. The van der Waals surface area contributed by atoms with E-state index in [1.807, 2.05) is 4.90 Å². The van der Waals surface area contributed by atoms with Crippen molar-refractivity contribution in [2.75, 3.05) is 31.7 Å². The molecule has 2 amide bonds. The number of thiazole rings is 1. The quantitative estimate of drug-likeness (QED) is 0.344. The number of nitrogens with one attached hydrogen (secondary N) is 3. The van der Waals surface area contributed by atoms with Crippen molar-refractivity contribution in [1.29, 1.82) is 0 Å². The Morgan fingerprint density at radius 1 is 1.32 bits per heavy atom. The number of piperidine rings is 1. The van der Waals surface area contributed by atoms with Crippen LogP contribution in [0.5, 0.6) is 0 Å². The van der Waals surface area contributed by atoms with Gasteiger partial charge < -0.3 is 35.5 Å².